The van der Waals surface area contributed by atoms with E-state index < -0.39 is 6.17 Å². The minimum absolute atomic E-state index is 0.137. The zero-order valence-electron chi connectivity index (χ0n) is 6.61. The summed E-state index contributed by atoms with van der Waals surface area (Å²) in [6, 6.07) is 0. The molecule has 0 aromatic heterocycles. The van der Waals surface area contributed by atoms with Crippen LogP contribution in [0.15, 0.2) is 0 Å². The van der Waals surface area contributed by atoms with Gasteiger partial charge in [-0.25, -0.2) is 4.39 Å². The molecule has 1 N–H and O–H groups in total. The average molecular weight is 159 g/mol. The third kappa shape index (κ3) is 1.40. The summed E-state index contributed by atoms with van der Waals surface area (Å²) in [5.41, 5.74) is 0.137. The monoisotopic (exact) mass is 159 g/mol. The van der Waals surface area contributed by atoms with Gasteiger partial charge in [0.25, 0.3) is 0 Å². The fourth-order valence-electron chi connectivity index (χ4n) is 2.06. The molecule has 0 amide bonds. The molecule has 0 aliphatic carbocycles. The van der Waals surface area contributed by atoms with E-state index in [1.54, 1.807) is 0 Å². The van der Waals surface area contributed by atoms with Crippen molar-refractivity contribution < 1.29 is 9.13 Å². The first-order valence-electron chi connectivity index (χ1n) is 4.23. The zero-order chi connectivity index (χ0) is 7.73. The first-order valence-corrected chi connectivity index (χ1v) is 4.23. The lowest BCUT2D eigenvalue weighted by molar-refractivity contribution is 0.0943. The van der Waals surface area contributed by atoms with Crippen LogP contribution in [0.25, 0.3) is 0 Å². The Morgan fingerprint density at radius 1 is 1.55 bits per heavy atom. The summed E-state index contributed by atoms with van der Waals surface area (Å²) in [7, 11) is 0. The highest BCUT2D eigenvalue weighted by atomic mass is 19.1. The van der Waals surface area contributed by atoms with Gasteiger partial charge in [-0.2, -0.15) is 0 Å². The molecule has 64 valence electrons. The molecular weight excluding hydrogens is 145 g/mol. The van der Waals surface area contributed by atoms with Gasteiger partial charge >= 0.3 is 0 Å². The normalized spacial score (nSPS) is 45.0. The SMILES string of the molecule is FC1CNCC2(CCOC2)C1. The number of hydrogen-bond acceptors (Lipinski definition) is 2. The summed E-state index contributed by atoms with van der Waals surface area (Å²) in [5, 5.41) is 3.11. The standard InChI is InChI=1S/C8H14FNO/c9-7-3-8(5-10-4-7)1-2-11-6-8/h7,10H,1-6H2. The van der Waals surface area contributed by atoms with E-state index in [2.05, 4.69) is 5.32 Å². The van der Waals surface area contributed by atoms with E-state index in [4.69, 9.17) is 4.74 Å². The van der Waals surface area contributed by atoms with Crippen LogP contribution >= 0.6 is 0 Å². The summed E-state index contributed by atoms with van der Waals surface area (Å²) in [6.45, 7) is 3.03. The Morgan fingerprint density at radius 2 is 2.45 bits per heavy atom. The Morgan fingerprint density at radius 3 is 3.09 bits per heavy atom. The molecular formula is C8H14FNO. The van der Waals surface area contributed by atoms with Crippen molar-refractivity contribution in [3.63, 3.8) is 0 Å². The first kappa shape index (κ1) is 7.50. The van der Waals surface area contributed by atoms with Crippen molar-refractivity contribution in [2.75, 3.05) is 26.3 Å². The van der Waals surface area contributed by atoms with Gasteiger partial charge in [0.2, 0.25) is 0 Å². The quantitative estimate of drug-likeness (QED) is 0.562. The van der Waals surface area contributed by atoms with Gasteiger partial charge in [0.1, 0.15) is 6.17 Å². The van der Waals surface area contributed by atoms with E-state index in [9.17, 15) is 4.39 Å². The lowest BCUT2D eigenvalue weighted by Crippen LogP contribution is -2.45. The third-order valence-electron chi connectivity index (χ3n) is 2.71. The number of rotatable bonds is 0. The highest BCUT2D eigenvalue weighted by Gasteiger charge is 2.39. The van der Waals surface area contributed by atoms with Crippen LogP contribution in [0, 0.1) is 5.41 Å². The number of ether oxygens (including phenoxy) is 1. The Kier molecular flexibility index (Phi) is 1.85. The predicted octanol–water partition coefficient (Wildman–Crippen LogP) is 0.725. The van der Waals surface area contributed by atoms with Crippen LogP contribution in [0.1, 0.15) is 12.8 Å². The second-order valence-electron chi connectivity index (χ2n) is 3.73. The van der Waals surface area contributed by atoms with Gasteiger partial charge < -0.3 is 10.1 Å². The second-order valence-corrected chi connectivity index (χ2v) is 3.73. The highest BCUT2D eigenvalue weighted by Crippen LogP contribution is 2.35. The summed E-state index contributed by atoms with van der Waals surface area (Å²) < 4.78 is 18.2. The molecule has 2 nitrogen and oxygen atoms in total. The van der Waals surface area contributed by atoms with Crippen LogP contribution in [0.2, 0.25) is 0 Å². The molecule has 0 aromatic carbocycles. The van der Waals surface area contributed by atoms with Gasteiger partial charge in [0.15, 0.2) is 0 Å². The van der Waals surface area contributed by atoms with Gasteiger partial charge in [-0.15, -0.1) is 0 Å². The minimum Gasteiger partial charge on any atom is -0.381 e. The molecule has 0 saturated carbocycles. The topological polar surface area (TPSA) is 21.3 Å². The molecule has 2 aliphatic rings. The van der Waals surface area contributed by atoms with Gasteiger partial charge in [-0.1, -0.05) is 0 Å². The molecule has 2 fully saturated rings. The Hall–Kier alpha value is -0.150. The van der Waals surface area contributed by atoms with Crippen molar-refractivity contribution in [3.05, 3.63) is 0 Å². The summed E-state index contributed by atoms with van der Waals surface area (Å²) in [5.74, 6) is 0. The van der Waals surface area contributed by atoms with Crippen molar-refractivity contribution in [2.45, 2.75) is 19.0 Å². The molecule has 2 rings (SSSR count). The predicted molar refractivity (Wildman–Crippen MR) is 40.3 cm³/mol. The Balaban J connectivity index is 2.00. The average Bonchev–Trinajstić information content (AvgIpc) is 2.37. The van der Waals surface area contributed by atoms with Crippen LogP contribution in [-0.2, 0) is 4.74 Å². The maximum Gasteiger partial charge on any atom is 0.113 e. The first-order chi connectivity index (χ1) is 5.31. The van der Waals surface area contributed by atoms with Crippen molar-refractivity contribution in [3.8, 4) is 0 Å². The molecule has 0 bridgehead atoms. The van der Waals surface area contributed by atoms with Gasteiger partial charge in [0.05, 0.1) is 6.61 Å². The molecule has 2 aliphatic heterocycles. The number of nitrogens with one attached hydrogen (secondary N) is 1. The Bertz CT molecular complexity index is 145. The third-order valence-corrected chi connectivity index (χ3v) is 2.71. The number of halogens is 1. The van der Waals surface area contributed by atoms with E-state index >= 15 is 0 Å². The van der Waals surface area contributed by atoms with E-state index in [0.29, 0.717) is 13.0 Å². The van der Waals surface area contributed by atoms with Gasteiger partial charge in [0, 0.05) is 25.1 Å². The molecule has 0 aromatic rings. The molecule has 2 heterocycles. The smallest absolute Gasteiger partial charge is 0.113 e. The largest absolute Gasteiger partial charge is 0.381 e. The van der Waals surface area contributed by atoms with Crippen LogP contribution in [0.3, 0.4) is 0 Å². The Labute approximate surface area is 66.1 Å². The molecule has 11 heavy (non-hydrogen) atoms. The van der Waals surface area contributed by atoms with E-state index in [0.717, 1.165) is 26.2 Å². The van der Waals surface area contributed by atoms with Gasteiger partial charge in [-0.05, 0) is 12.8 Å². The maximum absolute atomic E-state index is 13.0. The van der Waals surface area contributed by atoms with Crippen LogP contribution in [-0.4, -0.2) is 32.5 Å². The van der Waals surface area contributed by atoms with Crippen LogP contribution in [0.4, 0.5) is 4.39 Å². The highest BCUT2D eigenvalue weighted by molar-refractivity contribution is 4.91. The molecule has 2 saturated heterocycles. The lowest BCUT2D eigenvalue weighted by atomic mass is 9.80. The molecule has 2 atom stereocenters. The summed E-state index contributed by atoms with van der Waals surface area (Å²) in [4.78, 5) is 0. The number of piperidine rings is 1. The van der Waals surface area contributed by atoms with Crippen molar-refractivity contribution in [2.24, 2.45) is 5.41 Å². The minimum atomic E-state index is -0.662. The van der Waals surface area contributed by atoms with E-state index in [1.165, 1.54) is 0 Å². The summed E-state index contributed by atoms with van der Waals surface area (Å²) >= 11 is 0. The van der Waals surface area contributed by atoms with E-state index in [-0.39, 0.29) is 5.41 Å². The zero-order valence-corrected chi connectivity index (χ0v) is 6.61. The van der Waals surface area contributed by atoms with Crippen molar-refractivity contribution in [1.82, 2.24) is 5.32 Å². The fraction of sp³-hybridized carbons (Fsp3) is 1.00. The number of hydrogen-bond donors (Lipinski definition) is 1. The van der Waals surface area contributed by atoms with Crippen molar-refractivity contribution in [1.29, 1.82) is 0 Å². The van der Waals surface area contributed by atoms with Crippen LogP contribution < -0.4 is 5.32 Å². The molecule has 2 unspecified atom stereocenters. The number of alkyl halides is 1. The maximum atomic E-state index is 13.0. The fourth-order valence-corrected chi connectivity index (χ4v) is 2.06. The van der Waals surface area contributed by atoms with Crippen molar-refractivity contribution >= 4 is 0 Å². The molecule has 3 heteroatoms. The molecule has 1 spiro atoms. The van der Waals surface area contributed by atoms with Gasteiger partial charge in [-0.3, -0.25) is 0 Å². The second kappa shape index (κ2) is 2.72. The summed E-state index contributed by atoms with van der Waals surface area (Å²) in [6.07, 6.45) is 1.06. The van der Waals surface area contributed by atoms with E-state index in [1.807, 2.05) is 0 Å². The molecule has 0 radical (unpaired) electrons. The van der Waals surface area contributed by atoms with Crippen LogP contribution in [0.5, 0.6) is 0 Å². The lowest BCUT2D eigenvalue weighted by Gasteiger charge is -2.34.